The molecule has 0 saturated heterocycles. The summed E-state index contributed by atoms with van der Waals surface area (Å²) in [4.78, 5) is 11.8. The highest BCUT2D eigenvalue weighted by Crippen LogP contribution is 2.23. The molecule has 4 aromatic rings. The lowest BCUT2D eigenvalue weighted by Crippen LogP contribution is -2.30. The predicted molar refractivity (Wildman–Crippen MR) is 118 cm³/mol. The van der Waals surface area contributed by atoms with E-state index in [1.165, 1.54) is 16.7 Å². The predicted octanol–water partition coefficient (Wildman–Crippen LogP) is 4.60. The Labute approximate surface area is 181 Å². The SMILES string of the molecule is Clc1ccc(-c2ncc3c(n2)CCN(Cc2cnn(Cc4ccccc4)c2)C3)cc1. The summed E-state index contributed by atoms with van der Waals surface area (Å²) < 4.78 is 2.00. The zero-order chi connectivity index (χ0) is 20.3. The summed E-state index contributed by atoms with van der Waals surface area (Å²) in [5.41, 5.74) is 5.83. The number of aromatic nitrogens is 4. The average molecular weight is 416 g/mol. The fraction of sp³-hybridized carbons (Fsp3) is 0.208. The van der Waals surface area contributed by atoms with Gasteiger partial charge < -0.3 is 0 Å². The summed E-state index contributed by atoms with van der Waals surface area (Å²) in [7, 11) is 0. The van der Waals surface area contributed by atoms with Crippen molar-refractivity contribution in [1.29, 1.82) is 0 Å². The van der Waals surface area contributed by atoms with Gasteiger partial charge in [0.25, 0.3) is 0 Å². The molecule has 0 fully saturated rings. The Morgan fingerprint density at radius 2 is 1.73 bits per heavy atom. The molecule has 30 heavy (non-hydrogen) atoms. The van der Waals surface area contributed by atoms with E-state index in [0.29, 0.717) is 0 Å². The van der Waals surface area contributed by atoms with Gasteiger partial charge in [-0.25, -0.2) is 9.97 Å². The molecule has 2 aromatic heterocycles. The third kappa shape index (κ3) is 4.27. The van der Waals surface area contributed by atoms with Crippen LogP contribution in [0.1, 0.15) is 22.4 Å². The van der Waals surface area contributed by atoms with E-state index < -0.39 is 0 Å². The Hall–Kier alpha value is -3.02. The monoisotopic (exact) mass is 415 g/mol. The molecular weight excluding hydrogens is 394 g/mol. The second kappa shape index (κ2) is 8.38. The first-order valence-electron chi connectivity index (χ1n) is 10.1. The Kier molecular flexibility index (Phi) is 5.30. The van der Waals surface area contributed by atoms with Crippen LogP contribution < -0.4 is 0 Å². The average Bonchev–Trinajstić information content (AvgIpc) is 3.21. The van der Waals surface area contributed by atoms with Crippen molar-refractivity contribution in [3.05, 3.63) is 101 Å². The van der Waals surface area contributed by atoms with Crippen molar-refractivity contribution >= 4 is 11.6 Å². The Balaban J connectivity index is 1.24. The maximum Gasteiger partial charge on any atom is 0.159 e. The van der Waals surface area contributed by atoms with Crippen molar-refractivity contribution in [3.8, 4) is 11.4 Å². The quantitative estimate of drug-likeness (QED) is 0.478. The van der Waals surface area contributed by atoms with Gasteiger partial charge in [0, 0.05) is 60.2 Å². The van der Waals surface area contributed by atoms with Crippen LogP contribution in [0.3, 0.4) is 0 Å². The molecule has 0 amide bonds. The number of benzene rings is 2. The number of hydrogen-bond acceptors (Lipinski definition) is 4. The van der Waals surface area contributed by atoms with E-state index in [2.05, 4.69) is 45.4 Å². The van der Waals surface area contributed by atoms with Crippen LogP contribution in [0.5, 0.6) is 0 Å². The van der Waals surface area contributed by atoms with Crippen LogP contribution in [0.2, 0.25) is 5.02 Å². The molecule has 3 heterocycles. The van der Waals surface area contributed by atoms with Gasteiger partial charge in [-0.05, 0) is 29.8 Å². The molecule has 0 spiro atoms. The molecule has 0 N–H and O–H groups in total. The third-order valence-electron chi connectivity index (χ3n) is 5.40. The number of halogens is 1. The second-order valence-corrected chi connectivity index (χ2v) is 8.10. The zero-order valence-corrected chi connectivity index (χ0v) is 17.3. The fourth-order valence-electron chi connectivity index (χ4n) is 3.85. The van der Waals surface area contributed by atoms with E-state index in [0.717, 1.165) is 54.7 Å². The van der Waals surface area contributed by atoms with Gasteiger partial charge in [0.15, 0.2) is 5.82 Å². The van der Waals surface area contributed by atoms with Crippen LogP contribution in [0.15, 0.2) is 73.2 Å². The molecular formula is C24H22ClN5. The maximum absolute atomic E-state index is 5.99. The van der Waals surface area contributed by atoms with E-state index >= 15 is 0 Å². The highest BCUT2D eigenvalue weighted by molar-refractivity contribution is 6.30. The van der Waals surface area contributed by atoms with Crippen molar-refractivity contribution in [1.82, 2.24) is 24.6 Å². The molecule has 2 aromatic carbocycles. The van der Waals surface area contributed by atoms with E-state index in [4.69, 9.17) is 16.6 Å². The maximum atomic E-state index is 5.99. The van der Waals surface area contributed by atoms with Gasteiger partial charge >= 0.3 is 0 Å². The Morgan fingerprint density at radius 1 is 0.900 bits per heavy atom. The van der Waals surface area contributed by atoms with E-state index in [1.807, 2.05) is 47.4 Å². The first kappa shape index (κ1) is 19.0. The first-order valence-corrected chi connectivity index (χ1v) is 10.5. The normalized spacial score (nSPS) is 13.9. The standard InChI is InChI=1S/C24H22ClN5/c25-22-8-6-20(7-9-22)24-26-13-21-17-29(11-10-23(21)28-24)14-19-12-27-30(16-19)15-18-4-2-1-3-5-18/h1-9,12-13,16H,10-11,14-15,17H2. The summed E-state index contributed by atoms with van der Waals surface area (Å²) in [5.74, 6) is 0.765. The number of fused-ring (bicyclic) bond motifs is 1. The van der Waals surface area contributed by atoms with Crippen molar-refractivity contribution in [2.45, 2.75) is 26.1 Å². The molecule has 5 nitrogen and oxygen atoms in total. The molecule has 6 heteroatoms. The van der Waals surface area contributed by atoms with Gasteiger partial charge in [0.2, 0.25) is 0 Å². The lowest BCUT2D eigenvalue weighted by atomic mass is 10.1. The van der Waals surface area contributed by atoms with Crippen molar-refractivity contribution in [2.75, 3.05) is 6.54 Å². The minimum absolute atomic E-state index is 0.722. The van der Waals surface area contributed by atoms with Gasteiger partial charge in [-0.15, -0.1) is 0 Å². The number of nitrogens with zero attached hydrogens (tertiary/aromatic N) is 5. The van der Waals surface area contributed by atoms with Gasteiger partial charge in [-0.2, -0.15) is 5.10 Å². The molecule has 0 radical (unpaired) electrons. The van der Waals surface area contributed by atoms with Gasteiger partial charge in [0.1, 0.15) is 0 Å². The van der Waals surface area contributed by atoms with E-state index in [1.54, 1.807) is 0 Å². The Morgan fingerprint density at radius 3 is 2.57 bits per heavy atom. The number of hydrogen-bond donors (Lipinski definition) is 0. The van der Waals surface area contributed by atoms with Gasteiger partial charge in [-0.1, -0.05) is 41.9 Å². The van der Waals surface area contributed by atoms with Crippen LogP contribution in [0.4, 0.5) is 0 Å². The molecule has 5 rings (SSSR count). The zero-order valence-electron chi connectivity index (χ0n) is 16.6. The minimum Gasteiger partial charge on any atom is -0.294 e. The molecule has 0 aliphatic carbocycles. The largest absolute Gasteiger partial charge is 0.294 e. The molecule has 150 valence electrons. The second-order valence-electron chi connectivity index (χ2n) is 7.66. The third-order valence-corrected chi connectivity index (χ3v) is 5.65. The lowest BCUT2D eigenvalue weighted by molar-refractivity contribution is 0.243. The molecule has 0 bridgehead atoms. The lowest BCUT2D eigenvalue weighted by Gasteiger charge is -2.27. The Bertz CT molecular complexity index is 1140. The van der Waals surface area contributed by atoms with E-state index in [9.17, 15) is 0 Å². The molecule has 0 saturated carbocycles. The van der Waals surface area contributed by atoms with Crippen molar-refractivity contribution in [2.24, 2.45) is 0 Å². The van der Waals surface area contributed by atoms with Crippen molar-refractivity contribution in [3.63, 3.8) is 0 Å². The molecule has 0 unspecified atom stereocenters. The van der Waals surface area contributed by atoms with Crippen LogP contribution in [-0.4, -0.2) is 31.2 Å². The highest BCUT2D eigenvalue weighted by Gasteiger charge is 2.19. The molecule has 1 aliphatic heterocycles. The summed E-state index contributed by atoms with van der Waals surface area (Å²) in [6, 6.07) is 18.1. The number of rotatable bonds is 5. The minimum atomic E-state index is 0.722. The van der Waals surface area contributed by atoms with Crippen LogP contribution in [0.25, 0.3) is 11.4 Å². The van der Waals surface area contributed by atoms with Crippen LogP contribution in [0, 0.1) is 0 Å². The fourth-order valence-corrected chi connectivity index (χ4v) is 3.98. The van der Waals surface area contributed by atoms with Crippen LogP contribution >= 0.6 is 11.6 Å². The topological polar surface area (TPSA) is 46.8 Å². The summed E-state index contributed by atoms with van der Waals surface area (Å²) in [6.07, 6.45) is 7.01. The molecule has 0 atom stereocenters. The summed E-state index contributed by atoms with van der Waals surface area (Å²) >= 11 is 5.99. The van der Waals surface area contributed by atoms with E-state index in [-0.39, 0.29) is 0 Å². The summed E-state index contributed by atoms with van der Waals surface area (Å²) in [5, 5.41) is 5.25. The van der Waals surface area contributed by atoms with Crippen LogP contribution in [-0.2, 0) is 26.1 Å². The van der Waals surface area contributed by atoms with Crippen molar-refractivity contribution < 1.29 is 0 Å². The first-order chi connectivity index (χ1) is 14.7. The smallest absolute Gasteiger partial charge is 0.159 e. The van der Waals surface area contributed by atoms with Gasteiger partial charge in [-0.3, -0.25) is 9.58 Å². The highest BCUT2D eigenvalue weighted by atomic mass is 35.5. The molecule has 1 aliphatic rings. The van der Waals surface area contributed by atoms with Gasteiger partial charge in [0.05, 0.1) is 18.4 Å². The summed E-state index contributed by atoms with van der Waals surface area (Å²) in [6.45, 7) is 3.52.